The lowest BCUT2D eigenvalue weighted by molar-refractivity contribution is -0.385. The zero-order valence-corrected chi connectivity index (χ0v) is 12.0. The first kappa shape index (κ1) is 13.8. The molecule has 0 aliphatic carbocycles. The molecule has 0 unspecified atom stereocenters. The van der Waals surface area contributed by atoms with Crippen molar-refractivity contribution in [3.05, 3.63) is 61.7 Å². The Morgan fingerprint density at radius 2 is 2.16 bits per heavy atom. The molecule has 2 rings (SSSR count). The minimum atomic E-state index is -0.409. The Balaban J connectivity index is 2.17. The number of anilines is 1. The van der Waals surface area contributed by atoms with Crippen LogP contribution >= 0.6 is 27.5 Å². The van der Waals surface area contributed by atoms with Crippen LogP contribution in [0.4, 0.5) is 11.5 Å². The molecule has 1 N–H and O–H groups in total. The third-order valence-electron chi connectivity index (χ3n) is 2.44. The van der Waals surface area contributed by atoms with E-state index in [1.54, 1.807) is 30.5 Å². The molecule has 7 heteroatoms. The van der Waals surface area contributed by atoms with E-state index in [-0.39, 0.29) is 12.2 Å². The first-order valence-corrected chi connectivity index (χ1v) is 6.52. The fourth-order valence-corrected chi connectivity index (χ4v) is 2.26. The predicted molar refractivity (Wildman–Crippen MR) is 77.4 cm³/mol. The summed E-state index contributed by atoms with van der Waals surface area (Å²) in [6, 6.07) is 8.24. The fourth-order valence-electron chi connectivity index (χ4n) is 1.56. The summed E-state index contributed by atoms with van der Waals surface area (Å²) in [4.78, 5) is 14.6. The van der Waals surface area contributed by atoms with Crippen LogP contribution in [0.2, 0.25) is 5.02 Å². The smallest absolute Gasteiger partial charge is 0.274 e. The van der Waals surface area contributed by atoms with Crippen molar-refractivity contribution >= 4 is 39.0 Å². The molecule has 0 atom stereocenters. The molecule has 0 bridgehead atoms. The highest BCUT2D eigenvalue weighted by Gasteiger charge is 2.12. The maximum Gasteiger partial charge on any atom is 0.274 e. The second kappa shape index (κ2) is 5.99. The van der Waals surface area contributed by atoms with Crippen molar-refractivity contribution < 1.29 is 4.92 Å². The third kappa shape index (κ3) is 3.42. The highest BCUT2D eigenvalue weighted by Crippen LogP contribution is 2.24. The van der Waals surface area contributed by atoms with Gasteiger partial charge in [0.1, 0.15) is 5.82 Å². The number of nitrogens with zero attached hydrogens (tertiary/aromatic N) is 2. The number of aromatic nitrogens is 1. The molecule has 0 radical (unpaired) electrons. The van der Waals surface area contributed by atoms with Gasteiger partial charge in [-0.1, -0.05) is 29.8 Å². The van der Waals surface area contributed by atoms with Crippen LogP contribution in [0.1, 0.15) is 5.56 Å². The maximum atomic E-state index is 10.9. The van der Waals surface area contributed by atoms with Crippen LogP contribution in [-0.4, -0.2) is 9.91 Å². The lowest BCUT2D eigenvalue weighted by atomic mass is 10.2. The van der Waals surface area contributed by atoms with Crippen molar-refractivity contribution in [2.75, 3.05) is 5.32 Å². The number of nitrogens with one attached hydrogen (secondary N) is 1. The largest absolute Gasteiger partial charge is 0.364 e. The quantitative estimate of drug-likeness (QED) is 0.673. The summed E-state index contributed by atoms with van der Waals surface area (Å²) in [6.07, 6.45) is 1.60. The molecule has 0 spiro atoms. The summed E-state index contributed by atoms with van der Waals surface area (Å²) in [6.45, 7) is 0.283. The van der Waals surface area contributed by atoms with Gasteiger partial charge in [0.2, 0.25) is 0 Å². The van der Waals surface area contributed by atoms with Crippen LogP contribution in [0.5, 0.6) is 0 Å². The Bertz CT molecular complexity index is 622. The SMILES string of the molecule is O=[N+]([O-])c1ccccc1CNc1ncc(Br)cc1Cl. The molecule has 2 aromatic rings. The van der Waals surface area contributed by atoms with Crippen molar-refractivity contribution in [3.8, 4) is 0 Å². The van der Waals surface area contributed by atoms with E-state index in [1.165, 1.54) is 6.07 Å². The number of para-hydroxylation sites is 1. The van der Waals surface area contributed by atoms with Crippen LogP contribution in [-0.2, 0) is 6.54 Å². The van der Waals surface area contributed by atoms with Gasteiger partial charge in [0.25, 0.3) is 5.69 Å². The van der Waals surface area contributed by atoms with E-state index in [1.807, 2.05) is 0 Å². The van der Waals surface area contributed by atoms with Gasteiger partial charge in [0, 0.05) is 28.8 Å². The third-order valence-corrected chi connectivity index (χ3v) is 3.16. The molecular formula is C12H9BrClN3O2. The number of rotatable bonds is 4. The van der Waals surface area contributed by atoms with Gasteiger partial charge in [-0.3, -0.25) is 10.1 Å². The fraction of sp³-hybridized carbons (Fsp3) is 0.0833. The van der Waals surface area contributed by atoms with Crippen molar-refractivity contribution in [3.63, 3.8) is 0 Å². The first-order valence-electron chi connectivity index (χ1n) is 5.35. The van der Waals surface area contributed by atoms with Gasteiger partial charge in [-0.25, -0.2) is 4.98 Å². The van der Waals surface area contributed by atoms with Crippen LogP contribution in [0.3, 0.4) is 0 Å². The number of hydrogen-bond acceptors (Lipinski definition) is 4. The van der Waals surface area contributed by atoms with Gasteiger partial charge >= 0.3 is 0 Å². The standard InChI is InChI=1S/C12H9BrClN3O2/c13-9-5-10(14)12(16-7-9)15-6-8-3-1-2-4-11(8)17(18)19/h1-5,7H,6H2,(H,15,16). The van der Waals surface area contributed by atoms with Crippen molar-refractivity contribution in [2.45, 2.75) is 6.54 Å². The van der Waals surface area contributed by atoms with Gasteiger partial charge in [0.05, 0.1) is 9.95 Å². The van der Waals surface area contributed by atoms with E-state index < -0.39 is 4.92 Å². The normalized spacial score (nSPS) is 10.2. The Morgan fingerprint density at radius 1 is 1.42 bits per heavy atom. The zero-order valence-electron chi connectivity index (χ0n) is 9.64. The topological polar surface area (TPSA) is 68.1 Å². The van der Waals surface area contributed by atoms with Crippen molar-refractivity contribution in [1.82, 2.24) is 4.98 Å². The second-order valence-corrected chi connectivity index (χ2v) is 5.05. The van der Waals surface area contributed by atoms with E-state index in [2.05, 4.69) is 26.2 Å². The van der Waals surface area contributed by atoms with E-state index >= 15 is 0 Å². The summed E-state index contributed by atoms with van der Waals surface area (Å²) < 4.78 is 0.772. The second-order valence-electron chi connectivity index (χ2n) is 3.72. The van der Waals surface area contributed by atoms with Gasteiger partial charge in [-0.05, 0) is 22.0 Å². The molecule has 0 saturated carbocycles. The number of hydrogen-bond donors (Lipinski definition) is 1. The minimum Gasteiger partial charge on any atom is -0.364 e. The summed E-state index contributed by atoms with van der Waals surface area (Å²) in [5.41, 5.74) is 0.650. The molecule has 0 aliphatic rings. The maximum absolute atomic E-state index is 10.9. The van der Waals surface area contributed by atoms with E-state index in [0.29, 0.717) is 16.4 Å². The van der Waals surface area contributed by atoms with E-state index in [4.69, 9.17) is 11.6 Å². The lowest BCUT2D eigenvalue weighted by Gasteiger charge is -2.08. The Morgan fingerprint density at radius 3 is 2.84 bits per heavy atom. The van der Waals surface area contributed by atoms with Crippen LogP contribution in [0, 0.1) is 10.1 Å². The molecule has 19 heavy (non-hydrogen) atoms. The highest BCUT2D eigenvalue weighted by molar-refractivity contribution is 9.10. The molecule has 5 nitrogen and oxygen atoms in total. The molecular weight excluding hydrogens is 334 g/mol. The van der Waals surface area contributed by atoms with Gasteiger partial charge in [-0.2, -0.15) is 0 Å². The van der Waals surface area contributed by atoms with Crippen LogP contribution in [0.15, 0.2) is 41.0 Å². The van der Waals surface area contributed by atoms with Gasteiger partial charge in [0.15, 0.2) is 0 Å². The van der Waals surface area contributed by atoms with E-state index in [0.717, 1.165) is 4.47 Å². The molecule has 0 fully saturated rings. The van der Waals surface area contributed by atoms with Gasteiger partial charge in [-0.15, -0.1) is 0 Å². The number of nitro groups is 1. The number of nitro benzene ring substituents is 1. The summed E-state index contributed by atoms with van der Waals surface area (Å²) in [5.74, 6) is 0.489. The number of halogens is 2. The van der Waals surface area contributed by atoms with Crippen molar-refractivity contribution in [1.29, 1.82) is 0 Å². The average molecular weight is 343 g/mol. The Kier molecular flexibility index (Phi) is 4.34. The molecule has 1 aromatic heterocycles. The summed E-state index contributed by atoms with van der Waals surface area (Å²) in [7, 11) is 0. The molecule has 0 saturated heterocycles. The zero-order chi connectivity index (χ0) is 13.8. The van der Waals surface area contributed by atoms with Crippen molar-refractivity contribution in [2.24, 2.45) is 0 Å². The molecule has 0 aliphatic heterocycles. The molecule has 98 valence electrons. The Hall–Kier alpha value is -1.66. The lowest BCUT2D eigenvalue weighted by Crippen LogP contribution is -2.04. The van der Waals surface area contributed by atoms with Crippen LogP contribution in [0.25, 0.3) is 0 Å². The minimum absolute atomic E-state index is 0.0724. The van der Waals surface area contributed by atoms with E-state index in [9.17, 15) is 10.1 Å². The average Bonchev–Trinajstić information content (AvgIpc) is 2.38. The van der Waals surface area contributed by atoms with Gasteiger partial charge < -0.3 is 5.32 Å². The van der Waals surface area contributed by atoms with Crippen LogP contribution < -0.4 is 5.32 Å². The monoisotopic (exact) mass is 341 g/mol. The molecule has 1 heterocycles. The molecule has 1 aromatic carbocycles. The number of pyridine rings is 1. The first-order chi connectivity index (χ1) is 9.08. The number of benzene rings is 1. The summed E-state index contributed by atoms with van der Waals surface area (Å²) in [5, 5.41) is 14.3. The summed E-state index contributed by atoms with van der Waals surface area (Å²) >= 11 is 9.27. The predicted octanol–water partition coefficient (Wildman–Crippen LogP) is 4.02. The highest BCUT2D eigenvalue weighted by atomic mass is 79.9. The Labute approximate surface area is 122 Å². The molecule has 0 amide bonds.